The second-order valence-corrected chi connectivity index (χ2v) is 7.16. The van der Waals surface area contributed by atoms with E-state index >= 15 is 0 Å². The summed E-state index contributed by atoms with van der Waals surface area (Å²) in [5.74, 6) is -3.05. The molecule has 2 aromatic carbocycles. The molecular weight excluding hydrogens is 382 g/mol. The molecule has 0 unspecified atom stereocenters. The molecule has 0 saturated heterocycles. The Kier molecular flexibility index (Phi) is 4.52. The average Bonchev–Trinajstić information content (AvgIpc) is 3.27. The van der Waals surface area contributed by atoms with Crippen molar-refractivity contribution >= 4 is 40.1 Å². The van der Waals surface area contributed by atoms with Crippen LogP contribution in [0, 0.1) is 18.6 Å². The maximum absolute atomic E-state index is 13.6. The van der Waals surface area contributed by atoms with Crippen LogP contribution in [-0.2, 0) is 9.59 Å². The molecule has 7 heteroatoms. The number of hydrogen-bond donors (Lipinski definition) is 1. The van der Waals surface area contributed by atoms with Crippen LogP contribution in [0.4, 0.5) is 20.2 Å². The first kappa shape index (κ1) is 18.1. The fraction of sp³-hybridized carbons (Fsp3) is 0.0476. The number of nitrogens with zero attached hydrogens (tertiary/aromatic N) is 1. The molecule has 28 heavy (non-hydrogen) atoms. The number of carbonyl (C=O) groups excluding carboxylic acids is 2. The Hall–Kier alpha value is -3.32. The van der Waals surface area contributed by atoms with Gasteiger partial charge < -0.3 is 5.32 Å². The summed E-state index contributed by atoms with van der Waals surface area (Å²) in [5, 5.41) is 4.61. The number of aryl methyl sites for hydroxylation is 1. The lowest BCUT2D eigenvalue weighted by atomic mass is 10.1. The summed E-state index contributed by atoms with van der Waals surface area (Å²) >= 11 is 1.32. The van der Waals surface area contributed by atoms with Crippen molar-refractivity contribution in [1.82, 2.24) is 0 Å². The number of amides is 2. The lowest BCUT2D eigenvalue weighted by Crippen LogP contribution is -2.32. The summed E-state index contributed by atoms with van der Waals surface area (Å²) in [7, 11) is 0. The topological polar surface area (TPSA) is 49.4 Å². The smallest absolute Gasteiger partial charge is 0.282 e. The summed E-state index contributed by atoms with van der Waals surface area (Å²) in [6.07, 6.45) is 0. The number of rotatable bonds is 4. The number of hydrogen-bond acceptors (Lipinski definition) is 4. The maximum Gasteiger partial charge on any atom is 0.282 e. The zero-order valence-electron chi connectivity index (χ0n) is 14.7. The summed E-state index contributed by atoms with van der Waals surface area (Å²) < 4.78 is 26.8. The summed E-state index contributed by atoms with van der Waals surface area (Å²) in [4.78, 5) is 28.0. The number of carbonyl (C=O) groups is 2. The van der Waals surface area contributed by atoms with Gasteiger partial charge in [-0.05, 0) is 42.1 Å². The van der Waals surface area contributed by atoms with Crippen molar-refractivity contribution in [2.24, 2.45) is 0 Å². The van der Waals surface area contributed by atoms with E-state index in [1.54, 1.807) is 29.6 Å². The van der Waals surface area contributed by atoms with Gasteiger partial charge >= 0.3 is 0 Å². The maximum atomic E-state index is 13.6. The van der Waals surface area contributed by atoms with E-state index in [-0.39, 0.29) is 17.0 Å². The number of benzene rings is 2. The molecule has 0 aliphatic carbocycles. The van der Waals surface area contributed by atoms with Crippen LogP contribution in [0.25, 0.3) is 5.57 Å². The predicted octanol–water partition coefficient (Wildman–Crippen LogP) is 4.73. The van der Waals surface area contributed by atoms with Crippen molar-refractivity contribution in [3.63, 3.8) is 0 Å². The van der Waals surface area contributed by atoms with E-state index in [9.17, 15) is 18.4 Å². The Morgan fingerprint density at radius 1 is 0.929 bits per heavy atom. The lowest BCUT2D eigenvalue weighted by Gasteiger charge is -2.17. The first-order valence-corrected chi connectivity index (χ1v) is 9.30. The highest BCUT2D eigenvalue weighted by Gasteiger charge is 2.41. The molecule has 0 spiro atoms. The van der Waals surface area contributed by atoms with Gasteiger partial charge in [0, 0.05) is 16.6 Å². The van der Waals surface area contributed by atoms with Crippen LogP contribution >= 0.6 is 11.3 Å². The normalized spacial score (nSPS) is 14.2. The van der Waals surface area contributed by atoms with E-state index in [0.29, 0.717) is 10.6 Å². The largest absolute Gasteiger partial charge is 0.350 e. The molecule has 4 nitrogen and oxygen atoms in total. The zero-order valence-corrected chi connectivity index (χ0v) is 15.5. The molecule has 0 bridgehead atoms. The molecule has 0 fully saturated rings. The Bertz CT molecular complexity index is 1120. The van der Waals surface area contributed by atoms with Crippen LogP contribution in [0.15, 0.2) is 65.7 Å². The molecule has 2 heterocycles. The minimum Gasteiger partial charge on any atom is -0.350 e. The van der Waals surface area contributed by atoms with Gasteiger partial charge in [0.25, 0.3) is 11.8 Å². The predicted molar refractivity (Wildman–Crippen MR) is 105 cm³/mol. The minimum absolute atomic E-state index is 0.0294. The highest BCUT2D eigenvalue weighted by molar-refractivity contribution is 7.11. The fourth-order valence-corrected chi connectivity index (χ4v) is 3.81. The standard InChI is InChI=1S/C21H14F2N2O2S/c1-12-5-2-3-6-16(12)25-20(26)18(17-7-4-10-28-17)19(21(25)27)24-13-8-9-14(22)15(23)11-13/h2-11,24H,1H3. The summed E-state index contributed by atoms with van der Waals surface area (Å²) in [6, 6.07) is 13.8. The molecule has 1 aliphatic rings. The van der Waals surface area contributed by atoms with Gasteiger partial charge in [-0.2, -0.15) is 0 Å². The minimum atomic E-state index is -1.05. The Morgan fingerprint density at radius 3 is 2.39 bits per heavy atom. The van der Waals surface area contributed by atoms with E-state index < -0.39 is 23.4 Å². The molecule has 4 rings (SSSR count). The Balaban J connectivity index is 1.82. The van der Waals surface area contributed by atoms with Crippen LogP contribution in [-0.4, -0.2) is 11.8 Å². The lowest BCUT2D eigenvalue weighted by molar-refractivity contribution is -0.120. The molecule has 1 aromatic heterocycles. The van der Waals surface area contributed by atoms with Crippen LogP contribution < -0.4 is 10.2 Å². The monoisotopic (exact) mass is 396 g/mol. The molecule has 0 radical (unpaired) electrons. The highest BCUT2D eigenvalue weighted by Crippen LogP contribution is 2.36. The number of para-hydroxylation sites is 1. The van der Waals surface area contributed by atoms with Gasteiger partial charge in [-0.3, -0.25) is 9.59 Å². The van der Waals surface area contributed by atoms with E-state index in [1.165, 1.54) is 17.4 Å². The number of nitrogens with one attached hydrogen (secondary N) is 1. The summed E-state index contributed by atoms with van der Waals surface area (Å²) in [6.45, 7) is 1.81. The van der Waals surface area contributed by atoms with Gasteiger partial charge in [-0.25, -0.2) is 13.7 Å². The van der Waals surface area contributed by atoms with Crippen molar-refractivity contribution in [3.8, 4) is 0 Å². The van der Waals surface area contributed by atoms with Crippen LogP contribution in [0.2, 0.25) is 0 Å². The first-order chi connectivity index (χ1) is 13.5. The number of halogens is 2. The molecule has 140 valence electrons. The molecule has 2 amide bonds. The van der Waals surface area contributed by atoms with Crippen LogP contribution in [0.1, 0.15) is 10.4 Å². The molecule has 3 aromatic rings. The molecule has 0 atom stereocenters. The quantitative estimate of drug-likeness (QED) is 0.649. The van der Waals surface area contributed by atoms with Crippen LogP contribution in [0.3, 0.4) is 0 Å². The van der Waals surface area contributed by atoms with Crippen molar-refractivity contribution < 1.29 is 18.4 Å². The molecule has 1 aliphatic heterocycles. The third-order valence-electron chi connectivity index (χ3n) is 4.40. The SMILES string of the molecule is Cc1ccccc1N1C(=O)C(Nc2ccc(F)c(F)c2)=C(c2cccs2)C1=O. The number of anilines is 2. The van der Waals surface area contributed by atoms with E-state index in [0.717, 1.165) is 22.6 Å². The van der Waals surface area contributed by atoms with Gasteiger partial charge in [-0.1, -0.05) is 24.3 Å². The molecule has 0 saturated carbocycles. The van der Waals surface area contributed by atoms with E-state index in [1.807, 2.05) is 19.1 Å². The third kappa shape index (κ3) is 2.99. The van der Waals surface area contributed by atoms with Crippen molar-refractivity contribution in [3.05, 3.63) is 87.7 Å². The number of imide groups is 1. The second-order valence-electron chi connectivity index (χ2n) is 6.21. The fourth-order valence-electron chi connectivity index (χ4n) is 3.05. The molecular formula is C21H14F2N2O2S. The van der Waals surface area contributed by atoms with Crippen LogP contribution in [0.5, 0.6) is 0 Å². The van der Waals surface area contributed by atoms with Gasteiger partial charge in [0.1, 0.15) is 5.70 Å². The molecule has 1 N–H and O–H groups in total. The number of thiophene rings is 1. The third-order valence-corrected chi connectivity index (χ3v) is 5.28. The van der Waals surface area contributed by atoms with Gasteiger partial charge in [-0.15, -0.1) is 11.3 Å². The average molecular weight is 396 g/mol. The Morgan fingerprint density at radius 2 is 1.71 bits per heavy atom. The van der Waals surface area contributed by atoms with Crippen molar-refractivity contribution in [2.45, 2.75) is 6.92 Å². The van der Waals surface area contributed by atoms with Crippen molar-refractivity contribution in [2.75, 3.05) is 10.2 Å². The van der Waals surface area contributed by atoms with Gasteiger partial charge in [0.05, 0.1) is 11.3 Å². The second kappa shape index (κ2) is 7.01. The first-order valence-electron chi connectivity index (χ1n) is 8.42. The van der Waals surface area contributed by atoms with E-state index in [2.05, 4.69) is 5.32 Å². The zero-order chi connectivity index (χ0) is 19.8. The van der Waals surface area contributed by atoms with E-state index in [4.69, 9.17) is 0 Å². The summed E-state index contributed by atoms with van der Waals surface area (Å²) in [5.41, 5.74) is 1.66. The highest BCUT2D eigenvalue weighted by atomic mass is 32.1. The van der Waals surface area contributed by atoms with Gasteiger partial charge in [0.15, 0.2) is 11.6 Å². The van der Waals surface area contributed by atoms with Gasteiger partial charge in [0.2, 0.25) is 0 Å². The van der Waals surface area contributed by atoms with Crippen molar-refractivity contribution in [1.29, 1.82) is 0 Å². The Labute approximate surface area is 163 Å².